The molecule has 1 heterocycles. The van der Waals surface area contributed by atoms with E-state index in [1.54, 1.807) is 0 Å². The number of H-pyrrole nitrogens is 1. The average molecular weight is 385 g/mol. The molecular weight excluding hydrogens is 367 g/mol. The monoisotopic (exact) mass is 386 g/mol. The summed E-state index contributed by atoms with van der Waals surface area (Å²) in [4.78, 5) is 14.9. The van der Waals surface area contributed by atoms with Gasteiger partial charge in [-0.25, -0.2) is 0 Å². The molecule has 7 heteroatoms. The number of aliphatic hydroxyl groups is 1. The second-order valence-corrected chi connectivity index (χ2v) is 7.12. The van der Waals surface area contributed by atoms with Crippen LogP contribution in [0.5, 0.6) is 0 Å². The standard InChI is InChI=1S/C15H18N2O3SSe/c1-2-12-13(19)16-15(21)17(10-20-9-8-18)14(12)22-11-6-4-3-5-7-11/h3-7,18H,2,8-10H2,1H3,(H,16,19,21). The summed E-state index contributed by atoms with van der Waals surface area (Å²) in [5.41, 5.74) is 0.615. The summed E-state index contributed by atoms with van der Waals surface area (Å²) in [5, 5.41) is 8.85. The van der Waals surface area contributed by atoms with Crippen molar-refractivity contribution in [1.29, 1.82) is 0 Å². The van der Waals surface area contributed by atoms with E-state index in [-0.39, 0.29) is 40.5 Å². The molecule has 118 valence electrons. The maximum absolute atomic E-state index is 12.2. The molecule has 2 N–H and O–H groups in total. The van der Waals surface area contributed by atoms with Crippen LogP contribution in [0.4, 0.5) is 0 Å². The Labute approximate surface area is 140 Å². The van der Waals surface area contributed by atoms with E-state index in [1.807, 2.05) is 41.8 Å². The van der Waals surface area contributed by atoms with Crippen molar-refractivity contribution in [3.05, 3.63) is 51.0 Å². The zero-order valence-corrected chi connectivity index (χ0v) is 14.8. The van der Waals surface area contributed by atoms with E-state index in [4.69, 9.17) is 22.1 Å². The maximum atomic E-state index is 12.2. The fourth-order valence-electron chi connectivity index (χ4n) is 1.96. The number of aliphatic hydroxyl groups excluding tert-OH is 1. The number of benzene rings is 1. The Hall–Kier alpha value is -1.24. The van der Waals surface area contributed by atoms with Crippen molar-refractivity contribution in [3.8, 4) is 0 Å². The molecule has 0 aliphatic heterocycles. The van der Waals surface area contributed by atoms with Crippen LogP contribution in [-0.2, 0) is 17.9 Å². The van der Waals surface area contributed by atoms with Gasteiger partial charge in [0.2, 0.25) is 0 Å². The van der Waals surface area contributed by atoms with Crippen LogP contribution in [0.25, 0.3) is 0 Å². The Kier molecular flexibility index (Phi) is 6.54. The summed E-state index contributed by atoms with van der Waals surface area (Å²) in [6, 6.07) is 10.0. The number of rotatable bonds is 7. The minimum absolute atomic E-state index is 0.0446. The molecule has 5 nitrogen and oxygen atoms in total. The summed E-state index contributed by atoms with van der Waals surface area (Å²) in [7, 11) is 0. The van der Waals surface area contributed by atoms with Crippen LogP contribution in [-0.4, -0.2) is 42.8 Å². The fourth-order valence-corrected chi connectivity index (χ4v) is 4.70. The van der Waals surface area contributed by atoms with E-state index in [9.17, 15) is 4.79 Å². The van der Waals surface area contributed by atoms with Crippen molar-refractivity contribution >= 4 is 36.2 Å². The molecule has 0 atom stereocenters. The van der Waals surface area contributed by atoms with Crippen molar-refractivity contribution in [2.45, 2.75) is 20.1 Å². The molecule has 1 aromatic carbocycles. The van der Waals surface area contributed by atoms with Gasteiger partial charge in [-0.15, -0.1) is 0 Å². The van der Waals surface area contributed by atoms with Crippen LogP contribution < -0.4 is 14.6 Å². The molecule has 2 rings (SSSR count). The third-order valence-corrected chi connectivity index (χ3v) is 5.78. The molecule has 0 saturated heterocycles. The van der Waals surface area contributed by atoms with E-state index in [0.717, 1.165) is 10.2 Å². The average Bonchev–Trinajstić information content (AvgIpc) is 2.51. The third-order valence-electron chi connectivity index (χ3n) is 3.01. The zero-order valence-electron chi connectivity index (χ0n) is 12.2. The molecule has 0 unspecified atom stereocenters. The molecule has 0 spiro atoms. The molecule has 0 aliphatic carbocycles. The van der Waals surface area contributed by atoms with Crippen LogP contribution in [0, 0.1) is 4.77 Å². The molecule has 0 bridgehead atoms. The van der Waals surface area contributed by atoms with Gasteiger partial charge in [-0.05, 0) is 0 Å². The Morgan fingerprint density at radius 1 is 1.36 bits per heavy atom. The summed E-state index contributed by atoms with van der Waals surface area (Å²) in [6.07, 6.45) is 0.634. The van der Waals surface area contributed by atoms with E-state index in [2.05, 4.69) is 4.98 Å². The van der Waals surface area contributed by atoms with Gasteiger partial charge in [-0.3, -0.25) is 0 Å². The van der Waals surface area contributed by atoms with E-state index >= 15 is 0 Å². The second-order valence-electron chi connectivity index (χ2n) is 4.50. The molecule has 0 aliphatic rings. The fraction of sp³-hybridized carbons (Fsp3) is 0.333. The van der Waals surface area contributed by atoms with Crippen molar-refractivity contribution in [3.63, 3.8) is 0 Å². The topological polar surface area (TPSA) is 67.2 Å². The van der Waals surface area contributed by atoms with Crippen LogP contribution in [0.3, 0.4) is 0 Å². The molecule has 0 saturated carbocycles. The summed E-state index contributed by atoms with van der Waals surface area (Å²) < 4.78 is 9.67. The Bertz CT molecular complexity index is 728. The predicted octanol–water partition coefficient (Wildman–Crippen LogP) is 0.0897. The zero-order chi connectivity index (χ0) is 15.9. The first kappa shape index (κ1) is 17.1. The number of ether oxygens (including phenoxy) is 1. The Balaban J connectivity index is 2.46. The SMILES string of the molecule is CCc1c([Se]c2ccccc2)n(COCCO)c(=S)[nH]c1=O. The number of nitrogens with one attached hydrogen (secondary N) is 1. The van der Waals surface area contributed by atoms with Gasteiger partial charge in [0.1, 0.15) is 0 Å². The third kappa shape index (κ3) is 4.15. The van der Waals surface area contributed by atoms with E-state index in [1.165, 1.54) is 4.46 Å². The van der Waals surface area contributed by atoms with Gasteiger partial charge in [-0.1, -0.05) is 0 Å². The number of aromatic amines is 1. The van der Waals surface area contributed by atoms with Crippen LogP contribution in [0.2, 0.25) is 0 Å². The normalized spacial score (nSPS) is 10.8. The van der Waals surface area contributed by atoms with Gasteiger partial charge in [-0.2, -0.15) is 0 Å². The van der Waals surface area contributed by atoms with E-state index < -0.39 is 0 Å². The van der Waals surface area contributed by atoms with Crippen molar-refractivity contribution < 1.29 is 9.84 Å². The van der Waals surface area contributed by atoms with Gasteiger partial charge >= 0.3 is 140 Å². The quantitative estimate of drug-likeness (QED) is 0.403. The first-order valence-electron chi connectivity index (χ1n) is 6.94. The van der Waals surface area contributed by atoms with E-state index in [0.29, 0.717) is 11.2 Å². The number of nitrogens with zero attached hydrogens (tertiary/aromatic N) is 1. The van der Waals surface area contributed by atoms with Gasteiger partial charge < -0.3 is 0 Å². The summed E-state index contributed by atoms with van der Waals surface area (Å²) >= 11 is 5.23. The molecule has 22 heavy (non-hydrogen) atoms. The van der Waals surface area contributed by atoms with Crippen molar-refractivity contribution in [2.75, 3.05) is 13.2 Å². The Morgan fingerprint density at radius 3 is 2.73 bits per heavy atom. The summed E-state index contributed by atoms with van der Waals surface area (Å²) in [6.45, 7) is 2.38. The van der Waals surface area contributed by atoms with Crippen molar-refractivity contribution in [2.24, 2.45) is 0 Å². The first-order chi connectivity index (χ1) is 10.7. The van der Waals surface area contributed by atoms with Gasteiger partial charge in [0.05, 0.1) is 0 Å². The molecular formula is C15H18N2O3SSe. The van der Waals surface area contributed by atoms with Gasteiger partial charge in [0, 0.05) is 0 Å². The number of hydrogen-bond donors (Lipinski definition) is 2. The predicted molar refractivity (Wildman–Crippen MR) is 89.8 cm³/mol. The second kappa shape index (κ2) is 8.41. The molecule has 0 fully saturated rings. The molecule has 1 aromatic heterocycles. The van der Waals surface area contributed by atoms with Crippen LogP contribution in [0.1, 0.15) is 12.5 Å². The Morgan fingerprint density at radius 2 is 2.09 bits per heavy atom. The number of aromatic nitrogens is 2. The molecule has 0 radical (unpaired) electrons. The van der Waals surface area contributed by atoms with Crippen molar-refractivity contribution in [1.82, 2.24) is 9.55 Å². The number of hydrogen-bond acceptors (Lipinski definition) is 4. The minimum atomic E-state index is -0.126. The van der Waals surface area contributed by atoms with Gasteiger partial charge in [0.15, 0.2) is 0 Å². The molecule has 2 aromatic rings. The van der Waals surface area contributed by atoms with Crippen LogP contribution in [0.15, 0.2) is 35.1 Å². The van der Waals surface area contributed by atoms with Gasteiger partial charge in [0.25, 0.3) is 0 Å². The van der Waals surface area contributed by atoms with Crippen LogP contribution >= 0.6 is 12.2 Å². The summed E-state index contributed by atoms with van der Waals surface area (Å²) in [5.74, 6) is 0. The first-order valence-corrected chi connectivity index (χ1v) is 9.07. The molecule has 0 amide bonds.